The predicted octanol–water partition coefficient (Wildman–Crippen LogP) is 2.66. The molecule has 0 aliphatic carbocycles. The van der Waals surface area contributed by atoms with Crippen molar-refractivity contribution in [3.63, 3.8) is 0 Å². The highest BCUT2D eigenvalue weighted by Gasteiger charge is 2.11. The number of nitrogens with one attached hydrogen (secondary N) is 2. The molecule has 124 valence electrons. The molecule has 1 rings (SSSR count). The van der Waals surface area contributed by atoms with Gasteiger partial charge in [0.15, 0.2) is 0 Å². The summed E-state index contributed by atoms with van der Waals surface area (Å²) in [6.07, 6.45) is 0.527. The zero-order valence-electron chi connectivity index (χ0n) is 14.3. The normalized spacial score (nSPS) is 12.4. The van der Waals surface area contributed by atoms with Crippen LogP contribution in [-0.2, 0) is 9.53 Å². The number of benzene rings is 1. The molecule has 1 amide bonds. The van der Waals surface area contributed by atoms with Crippen molar-refractivity contribution in [3.8, 4) is 0 Å². The first-order valence-corrected chi connectivity index (χ1v) is 8.10. The Bertz CT molecular complexity index is 429. The van der Waals surface area contributed by atoms with Crippen molar-refractivity contribution >= 4 is 5.91 Å². The Morgan fingerprint density at radius 3 is 2.27 bits per heavy atom. The van der Waals surface area contributed by atoms with Gasteiger partial charge < -0.3 is 15.4 Å². The van der Waals surface area contributed by atoms with Gasteiger partial charge in [0.2, 0.25) is 5.91 Å². The Labute approximate surface area is 134 Å². The lowest BCUT2D eigenvalue weighted by molar-refractivity contribution is -0.121. The van der Waals surface area contributed by atoms with E-state index in [2.05, 4.69) is 55.7 Å². The fraction of sp³-hybridized carbons (Fsp3) is 0.611. The highest BCUT2D eigenvalue weighted by Crippen LogP contribution is 2.22. The van der Waals surface area contributed by atoms with Crippen LogP contribution in [0.1, 0.15) is 50.2 Å². The SMILES string of the molecule is COCCNCCNC(=O)CC(C)c1ccc(C(C)C)cc1. The van der Waals surface area contributed by atoms with E-state index in [-0.39, 0.29) is 11.8 Å². The van der Waals surface area contributed by atoms with Crippen LogP contribution >= 0.6 is 0 Å². The zero-order valence-corrected chi connectivity index (χ0v) is 14.3. The maximum absolute atomic E-state index is 11.9. The van der Waals surface area contributed by atoms with Gasteiger partial charge in [0.05, 0.1) is 6.61 Å². The first-order chi connectivity index (χ1) is 10.5. The van der Waals surface area contributed by atoms with Crippen LogP contribution in [0.5, 0.6) is 0 Å². The standard InChI is InChI=1S/C18H30N2O2/c1-14(2)16-5-7-17(8-6-16)15(3)13-18(21)20-10-9-19-11-12-22-4/h5-8,14-15,19H,9-13H2,1-4H3,(H,20,21). The van der Waals surface area contributed by atoms with E-state index in [0.29, 0.717) is 25.5 Å². The van der Waals surface area contributed by atoms with Crippen molar-refractivity contribution < 1.29 is 9.53 Å². The predicted molar refractivity (Wildman–Crippen MR) is 91.3 cm³/mol. The summed E-state index contributed by atoms with van der Waals surface area (Å²) in [5, 5.41) is 6.15. The average molecular weight is 306 g/mol. The van der Waals surface area contributed by atoms with Gasteiger partial charge in [-0.05, 0) is 23.0 Å². The monoisotopic (exact) mass is 306 g/mol. The first-order valence-electron chi connectivity index (χ1n) is 8.10. The van der Waals surface area contributed by atoms with E-state index in [4.69, 9.17) is 4.74 Å². The third kappa shape index (κ3) is 7.05. The highest BCUT2D eigenvalue weighted by molar-refractivity contribution is 5.76. The van der Waals surface area contributed by atoms with Crippen LogP contribution in [0.4, 0.5) is 0 Å². The van der Waals surface area contributed by atoms with Gasteiger partial charge in [-0.3, -0.25) is 4.79 Å². The second-order valence-corrected chi connectivity index (χ2v) is 6.02. The summed E-state index contributed by atoms with van der Waals surface area (Å²) in [5.74, 6) is 0.884. The fourth-order valence-corrected chi connectivity index (χ4v) is 2.27. The molecule has 0 saturated heterocycles. The number of amides is 1. The minimum absolute atomic E-state index is 0.106. The number of carbonyl (C=O) groups excluding carboxylic acids is 1. The summed E-state index contributed by atoms with van der Waals surface area (Å²) in [4.78, 5) is 11.9. The summed E-state index contributed by atoms with van der Waals surface area (Å²) in [6, 6.07) is 8.60. The van der Waals surface area contributed by atoms with Crippen LogP contribution in [0.25, 0.3) is 0 Å². The average Bonchev–Trinajstić information content (AvgIpc) is 2.50. The Hall–Kier alpha value is -1.39. The van der Waals surface area contributed by atoms with E-state index in [0.717, 1.165) is 13.1 Å². The number of hydrogen-bond donors (Lipinski definition) is 2. The van der Waals surface area contributed by atoms with Crippen molar-refractivity contribution in [2.24, 2.45) is 0 Å². The topological polar surface area (TPSA) is 50.4 Å². The van der Waals surface area contributed by atoms with Crippen LogP contribution in [0, 0.1) is 0 Å². The van der Waals surface area contributed by atoms with Crippen molar-refractivity contribution in [1.29, 1.82) is 0 Å². The molecule has 2 N–H and O–H groups in total. The van der Waals surface area contributed by atoms with E-state index < -0.39 is 0 Å². The Balaban J connectivity index is 2.28. The quantitative estimate of drug-likeness (QED) is 0.653. The molecule has 0 spiro atoms. The van der Waals surface area contributed by atoms with Crippen LogP contribution in [0.15, 0.2) is 24.3 Å². The second-order valence-electron chi connectivity index (χ2n) is 6.02. The number of ether oxygens (including phenoxy) is 1. The van der Waals surface area contributed by atoms with Gasteiger partial charge in [-0.1, -0.05) is 45.0 Å². The largest absolute Gasteiger partial charge is 0.383 e. The van der Waals surface area contributed by atoms with Crippen LogP contribution in [-0.4, -0.2) is 39.3 Å². The number of hydrogen-bond acceptors (Lipinski definition) is 3. The van der Waals surface area contributed by atoms with Gasteiger partial charge in [0.25, 0.3) is 0 Å². The minimum atomic E-state index is 0.106. The molecule has 1 unspecified atom stereocenters. The second kappa shape index (κ2) is 10.4. The molecule has 0 aliphatic rings. The molecular formula is C18H30N2O2. The van der Waals surface area contributed by atoms with Crippen molar-refractivity contribution in [3.05, 3.63) is 35.4 Å². The van der Waals surface area contributed by atoms with Crippen molar-refractivity contribution in [2.45, 2.75) is 39.0 Å². The molecule has 4 heteroatoms. The van der Waals surface area contributed by atoms with Crippen molar-refractivity contribution in [2.75, 3.05) is 33.4 Å². The number of methoxy groups -OCH3 is 1. The van der Waals surface area contributed by atoms with Gasteiger partial charge in [-0.2, -0.15) is 0 Å². The van der Waals surface area contributed by atoms with E-state index in [9.17, 15) is 4.79 Å². The first kappa shape index (κ1) is 18.7. The molecule has 1 aromatic carbocycles. The van der Waals surface area contributed by atoms with E-state index >= 15 is 0 Å². The molecule has 0 radical (unpaired) electrons. The lowest BCUT2D eigenvalue weighted by Crippen LogP contribution is -2.33. The highest BCUT2D eigenvalue weighted by atomic mass is 16.5. The zero-order chi connectivity index (χ0) is 16.4. The summed E-state index contributed by atoms with van der Waals surface area (Å²) >= 11 is 0. The summed E-state index contributed by atoms with van der Waals surface area (Å²) < 4.78 is 4.94. The number of carbonyl (C=O) groups is 1. The molecule has 22 heavy (non-hydrogen) atoms. The molecule has 0 heterocycles. The van der Waals surface area contributed by atoms with Gasteiger partial charge >= 0.3 is 0 Å². The van der Waals surface area contributed by atoms with E-state index in [1.54, 1.807) is 7.11 Å². The molecule has 0 fully saturated rings. The van der Waals surface area contributed by atoms with Crippen LogP contribution in [0.3, 0.4) is 0 Å². The van der Waals surface area contributed by atoms with Crippen LogP contribution < -0.4 is 10.6 Å². The molecule has 0 bridgehead atoms. The summed E-state index contributed by atoms with van der Waals surface area (Å²) in [5.41, 5.74) is 2.56. The molecular weight excluding hydrogens is 276 g/mol. The third-order valence-corrected chi connectivity index (χ3v) is 3.77. The van der Waals surface area contributed by atoms with Gasteiger partial charge in [0.1, 0.15) is 0 Å². The van der Waals surface area contributed by atoms with Crippen LogP contribution in [0.2, 0.25) is 0 Å². The molecule has 0 saturated carbocycles. The van der Waals surface area contributed by atoms with E-state index in [1.165, 1.54) is 11.1 Å². The summed E-state index contributed by atoms with van der Waals surface area (Å²) in [7, 11) is 1.68. The lowest BCUT2D eigenvalue weighted by Gasteiger charge is -2.14. The Morgan fingerprint density at radius 1 is 1.05 bits per heavy atom. The molecule has 0 aromatic heterocycles. The molecule has 1 atom stereocenters. The Kier molecular flexibility index (Phi) is 8.78. The fourth-order valence-electron chi connectivity index (χ4n) is 2.27. The summed E-state index contributed by atoms with van der Waals surface area (Å²) in [6.45, 7) is 9.40. The minimum Gasteiger partial charge on any atom is -0.383 e. The third-order valence-electron chi connectivity index (χ3n) is 3.77. The van der Waals surface area contributed by atoms with E-state index in [1.807, 2.05) is 0 Å². The maximum atomic E-state index is 11.9. The molecule has 1 aromatic rings. The van der Waals surface area contributed by atoms with Crippen molar-refractivity contribution in [1.82, 2.24) is 10.6 Å². The van der Waals surface area contributed by atoms with Gasteiger partial charge in [0, 0.05) is 33.2 Å². The Morgan fingerprint density at radius 2 is 1.68 bits per heavy atom. The maximum Gasteiger partial charge on any atom is 0.220 e. The molecule has 0 aliphatic heterocycles. The van der Waals surface area contributed by atoms with Gasteiger partial charge in [-0.25, -0.2) is 0 Å². The molecule has 4 nitrogen and oxygen atoms in total. The lowest BCUT2D eigenvalue weighted by atomic mass is 9.94. The smallest absolute Gasteiger partial charge is 0.220 e. The van der Waals surface area contributed by atoms with Gasteiger partial charge in [-0.15, -0.1) is 0 Å². The number of rotatable bonds is 10.